The van der Waals surface area contributed by atoms with E-state index in [1.165, 1.54) is 67.7 Å². The zero-order chi connectivity index (χ0) is 50.4. The first-order valence-corrected chi connectivity index (χ1v) is 22.1. The van der Waals surface area contributed by atoms with E-state index in [9.17, 15) is 33.0 Å². The number of nitrogen functional groups attached to an aromatic ring is 5. The number of nitrogens with one attached hydrogen (secondary N) is 2. The molecular formula is C41H57N15O12S. The Hall–Kier alpha value is -8.40. The maximum atomic E-state index is 12.2. The van der Waals surface area contributed by atoms with Gasteiger partial charge in [-0.15, -0.1) is 0 Å². The first kappa shape index (κ1) is 53.2. The number of aromatic hydroxyl groups is 3. The molecule has 27 nitrogen and oxygen atoms in total. The second-order valence-electron chi connectivity index (χ2n) is 15.0. The van der Waals surface area contributed by atoms with Crippen LogP contribution in [0.25, 0.3) is 0 Å². The molecule has 0 saturated carbocycles. The molecule has 6 heterocycles. The predicted molar refractivity (Wildman–Crippen MR) is 259 cm³/mol. The highest BCUT2D eigenvalue weighted by molar-refractivity contribution is 7.85. The number of phenolic OH excluding ortho intramolecular Hbond substituents is 3. The van der Waals surface area contributed by atoms with Gasteiger partial charge in [-0.05, 0) is 31.4 Å². The number of anilines is 5. The third kappa shape index (κ3) is 12.0. The second-order valence-corrected chi connectivity index (χ2v) is 16.4. The van der Waals surface area contributed by atoms with Crippen molar-refractivity contribution >= 4 is 85.0 Å². The van der Waals surface area contributed by atoms with E-state index in [-0.39, 0.29) is 93.6 Å². The van der Waals surface area contributed by atoms with Crippen LogP contribution in [-0.2, 0) is 32.8 Å². The van der Waals surface area contributed by atoms with Crippen LogP contribution in [0.1, 0.15) is 26.7 Å². The largest absolute Gasteiger partial charge is 0.508 e. The minimum Gasteiger partial charge on any atom is -0.508 e. The first-order valence-electron chi connectivity index (χ1n) is 20.3. The molecule has 4 saturated heterocycles. The summed E-state index contributed by atoms with van der Waals surface area (Å²) in [6, 6.07) is 10.1. The Kier molecular flexibility index (Phi) is 16.9. The number of methoxy groups -OCH3 is 3. The number of hydrogen-bond acceptors (Lipinski definition) is 20. The number of nitrogens with zero attached hydrogens (tertiary/aromatic N) is 8. The average molecular weight is 984 g/mol. The lowest BCUT2D eigenvalue weighted by molar-refractivity contribution is -0.129. The number of hydrazine groups is 2. The lowest BCUT2D eigenvalue weighted by atomic mass is 10.2. The highest BCUT2D eigenvalue weighted by Crippen LogP contribution is 2.38. The normalized spacial score (nSPS) is 16.5. The van der Waals surface area contributed by atoms with Gasteiger partial charge in [0, 0.05) is 69.6 Å². The molecule has 0 spiro atoms. The highest BCUT2D eigenvalue weighted by atomic mass is 32.2. The van der Waals surface area contributed by atoms with Crippen molar-refractivity contribution in [2.24, 2.45) is 9.98 Å². The molecule has 2 amide bonds. The van der Waals surface area contributed by atoms with E-state index in [1.807, 2.05) is 0 Å². The maximum absolute atomic E-state index is 12.2. The van der Waals surface area contributed by atoms with Crippen LogP contribution in [0.3, 0.4) is 0 Å². The molecule has 9 rings (SSSR count). The molecule has 374 valence electrons. The van der Waals surface area contributed by atoms with E-state index in [0.717, 1.165) is 32.4 Å². The monoisotopic (exact) mass is 983 g/mol. The van der Waals surface area contributed by atoms with E-state index in [1.54, 1.807) is 25.4 Å². The van der Waals surface area contributed by atoms with E-state index in [0.29, 0.717) is 61.2 Å². The molecule has 28 heteroatoms. The Morgan fingerprint density at radius 3 is 1.35 bits per heavy atom. The van der Waals surface area contributed by atoms with Crippen LogP contribution in [0.2, 0.25) is 0 Å². The minimum atomic E-state index is -3.67. The molecule has 4 aromatic rings. The van der Waals surface area contributed by atoms with Crippen molar-refractivity contribution in [2.45, 2.75) is 39.8 Å². The van der Waals surface area contributed by atoms with Gasteiger partial charge in [0.15, 0.2) is 23.1 Å². The summed E-state index contributed by atoms with van der Waals surface area (Å²) in [5.41, 5.74) is 29.2. The van der Waals surface area contributed by atoms with Crippen molar-refractivity contribution in [2.75, 3.05) is 82.4 Å². The number of amides is 2. The number of aromatic nitrogens is 2. The summed E-state index contributed by atoms with van der Waals surface area (Å²) in [6.07, 6.45) is 3.36. The topological polar surface area (TPSA) is 419 Å². The zero-order valence-corrected chi connectivity index (χ0v) is 38.1. The summed E-state index contributed by atoms with van der Waals surface area (Å²) in [4.78, 5) is 43.9. The van der Waals surface area contributed by atoms with E-state index in [2.05, 4.69) is 9.98 Å². The number of benzene rings is 3. The summed E-state index contributed by atoms with van der Waals surface area (Å²) in [7, 11) is 0.761. The molecule has 0 radical (unpaired) electrons. The summed E-state index contributed by atoms with van der Waals surface area (Å²) in [6.45, 7) is 3.95. The fourth-order valence-electron chi connectivity index (χ4n) is 7.11. The van der Waals surface area contributed by atoms with Gasteiger partial charge in [0.05, 0.1) is 44.6 Å². The molecule has 0 aliphatic carbocycles. The third-order valence-electron chi connectivity index (χ3n) is 10.3. The van der Waals surface area contributed by atoms with Crippen molar-refractivity contribution in [3.8, 4) is 34.5 Å². The van der Waals surface area contributed by atoms with Gasteiger partial charge in [0.25, 0.3) is 27.5 Å². The SMILES string of the molecule is C.COc1cc(N=C2C(=N)N3CCCN3C2=O)c(O)cc1N.COc1cc(N=C2C(=N)N3CCCN3C2=O)c(O)cc1N.COc1ccc(O)cc1N.CS(=O)(=O)O.Nc1c(N)n2n(c1=O)CCC2. The second kappa shape index (κ2) is 21.9. The van der Waals surface area contributed by atoms with Crippen LogP contribution in [0.5, 0.6) is 34.5 Å². The number of rotatable bonds is 5. The van der Waals surface area contributed by atoms with Crippen LogP contribution in [0, 0.1) is 10.8 Å². The van der Waals surface area contributed by atoms with Gasteiger partial charge in [-0.1, -0.05) is 7.43 Å². The minimum absolute atomic E-state index is 0. The van der Waals surface area contributed by atoms with Crippen LogP contribution < -0.4 is 48.4 Å². The number of hydrogen-bond donors (Lipinski definition) is 11. The van der Waals surface area contributed by atoms with Crippen molar-refractivity contribution < 1.29 is 52.1 Å². The number of aliphatic imine (C=N–C) groups is 2. The van der Waals surface area contributed by atoms with Crippen molar-refractivity contribution in [3.05, 3.63) is 52.8 Å². The smallest absolute Gasteiger partial charge is 0.294 e. The molecule has 0 unspecified atom stereocenters. The average Bonchev–Trinajstić information content (AvgIpc) is 4.15. The molecule has 1 aromatic heterocycles. The van der Waals surface area contributed by atoms with Gasteiger partial charge < -0.3 is 58.2 Å². The standard InChI is InChI=1S/2C13H15N5O3.C7H9NO2.C6H10N4O.CH4O3S.CH4/c2*1-21-10-6-8(9(19)5-7(10)14)16-11-12(15)17-3-2-4-18(17)13(11)20;1-10-7-3-2-5(9)4-6(7)8;7-4-5(8)9-2-1-3-10(9)6(4)11;1-5(2,3)4;/h2*5-6,15,19H,2-4,14H2,1H3;2-4,9H,8H2,1H3;1-3,7-8H2;1H3,(H,2,3,4);1H4. The van der Waals surface area contributed by atoms with Crippen LogP contribution >= 0.6 is 0 Å². The van der Waals surface area contributed by atoms with Gasteiger partial charge in [-0.3, -0.25) is 44.5 Å². The van der Waals surface area contributed by atoms with Gasteiger partial charge in [-0.25, -0.2) is 24.7 Å². The molecule has 0 atom stereocenters. The van der Waals surface area contributed by atoms with Gasteiger partial charge in [0.1, 0.15) is 57.4 Å². The van der Waals surface area contributed by atoms with E-state index >= 15 is 0 Å². The highest BCUT2D eigenvalue weighted by Gasteiger charge is 2.43. The Balaban J connectivity index is 0.000000201. The van der Waals surface area contributed by atoms with Crippen LogP contribution in [0.15, 0.2) is 57.2 Å². The Bertz CT molecular complexity index is 2690. The fraction of sp³-hybridized carbons (Fsp3) is 0.341. The molecule has 16 N–H and O–H groups in total. The lowest BCUT2D eigenvalue weighted by Crippen LogP contribution is -2.33. The number of phenols is 3. The van der Waals surface area contributed by atoms with Crippen molar-refractivity contribution in [3.63, 3.8) is 0 Å². The molecular weight excluding hydrogens is 927 g/mol. The van der Waals surface area contributed by atoms with Gasteiger partial charge in [-0.2, -0.15) is 8.42 Å². The van der Waals surface area contributed by atoms with Gasteiger partial charge in [0.2, 0.25) is 0 Å². The van der Waals surface area contributed by atoms with E-state index < -0.39 is 10.1 Å². The zero-order valence-electron chi connectivity index (χ0n) is 37.3. The third-order valence-corrected chi connectivity index (χ3v) is 10.3. The summed E-state index contributed by atoms with van der Waals surface area (Å²) in [5, 5.41) is 50.9. The molecule has 4 fully saturated rings. The molecule has 3 aromatic carbocycles. The van der Waals surface area contributed by atoms with Crippen LogP contribution in [0.4, 0.5) is 39.9 Å². The molecule has 5 aliphatic rings. The molecule has 69 heavy (non-hydrogen) atoms. The Morgan fingerprint density at radius 1 is 0.594 bits per heavy atom. The van der Waals surface area contributed by atoms with Crippen molar-refractivity contribution in [1.82, 2.24) is 29.4 Å². The summed E-state index contributed by atoms with van der Waals surface area (Å²) in [5.74, 6) is 0.964. The summed E-state index contributed by atoms with van der Waals surface area (Å²) < 4.78 is 44.2. The van der Waals surface area contributed by atoms with Crippen molar-refractivity contribution in [1.29, 1.82) is 10.8 Å². The van der Waals surface area contributed by atoms with E-state index in [4.69, 9.17) is 63.4 Å². The number of carbonyl (C=O) groups excluding carboxylic acids is 2. The Morgan fingerprint density at radius 2 is 0.971 bits per heavy atom. The first-order chi connectivity index (χ1) is 32.0. The fourth-order valence-corrected chi connectivity index (χ4v) is 7.11. The molecule has 5 aliphatic heterocycles. The number of fused-ring (bicyclic) bond motifs is 3. The number of nitrogens with two attached hydrogens (primary N) is 5. The maximum Gasteiger partial charge on any atom is 0.294 e. The quantitative estimate of drug-likeness (QED) is 0.0992. The Labute approximate surface area is 395 Å². The number of ether oxygens (including phenoxy) is 3. The lowest BCUT2D eigenvalue weighted by Gasteiger charge is -2.17. The van der Waals surface area contributed by atoms with Gasteiger partial charge >= 0.3 is 0 Å². The van der Waals surface area contributed by atoms with Crippen LogP contribution in [-0.4, -0.2) is 146 Å². The summed E-state index contributed by atoms with van der Waals surface area (Å²) >= 11 is 0. The molecule has 0 bridgehead atoms. The number of amidine groups is 2. The number of carbonyl (C=O) groups is 2. The predicted octanol–water partition coefficient (Wildman–Crippen LogP) is 1.33.